The first-order valence-corrected chi connectivity index (χ1v) is 6.06. The second kappa shape index (κ2) is 6.40. The smallest absolute Gasteiger partial charge is 0.305 e. The number of carboxylic acids is 1. The molecule has 0 aliphatic rings. The fourth-order valence-electron chi connectivity index (χ4n) is 1.96. The van der Waals surface area contributed by atoms with Crippen LogP contribution >= 0.6 is 0 Å². The highest BCUT2D eigenvalue weighted by molar-refractivity contribution is 5.68. The van der Waals surface area contributed by atoms with Crippen molar-refractivity contribution in [3.05, 3.63) is 29.3 Å². The van der Waals surface area contributed by atoms with E-state index in [4.69, 9.17) is 9.84 Å². The summed E-state index contributed by atoms with van der Waals surface area (Å²) in [6.45, 7) is 5.98. The Bertz CT molecular complexity index is 416. The molecule has 1 rings (SSSR count). The Labute approximate surface area is 108 Å². The Hall–Kier alpha value is -1.55. The maximum atomic E-state index is 11.0. The summed E-state index contributed by atoms with van der Waals surface area (Å²) in [5.41, 5.74) is 1.99. The normalized spacial score (nSPS) is 12.5. The summed E-state index contributed by atoms with van der Waals surface area (Å²) >= 11 is 0. The summed E-state index contributed by atoms with van der Waals surface area (Å²) < 4.78 is 5.31. The van der Waals surface area contributed by atoms with Crippen LogP contribution < -0.4 is 10.1 Å². The van der Waals surface area contributed by atoms with E-state index in [0.29, 0.717) is 0 Å². The van der Waals surface area contributed by atoms with Crippen molar-refractivity contribution < 1.29 is 14.6 Å². The first-order chi connectivity index (χ1) is 8.43. The third-order valence-corrected chi connectivity index (χ3v) is 2.67. The molecule has 4 nitrogen and oxygen atoms in total. The molecule has 0 saturated heterocycles. The maximum Gasteiger partial charge on any atom is 0.305 e. The minimum Gasteiger partial charge on any atom is -0.496 e. The van der Waals surface area contributed by atoms with Crippen molar-refractivity contribution >= 4 is 5.97 Å². The van der Waals surface area contributed by atoms with E-state index in [1.165, 1.54) is 0 Å². The number of hydrogen-bond donors (Lipinski definition) is 2. The summed E-state index contributed by atoms with van der Waals surface area (Å²) in [4.78, 5) is 11.0. The Kier molecular flexibility index (Phi) is 5.16. The Balaban J connectivity index is 3.09. The summed E-state index contributed by atoms with van der Waals surface area (Å²) in [6.07, 6.45) is 0.0397. The SMILES string of the molecule is COc1ccc(C)cc1C(CC(=O)O)NC(C)C. The lowest BCUT2D eigenvalue weighted by molar-refractivity contribution is -0.137. The fourth-order valence-corrected chi connectivity index (χ4v) is 1.96. The molecule has 0 heterocycles. The Morgan fingerprint density at radius 2 is 2.11 bits per heavy atom. The molecule has 0 aromatic heterocycles. The van der Waals surface area contributed by atoms with E-state index >= 15 is 0 Å². The van der Waals surface area contributed by atoms with E-state index in [0.717, 1.165) is 16.9 Å². The zero-order chi connectivity index (χ0) is 13.7. The number of hydrogen-bond acceptors (Lipinski definition) is 3. The summed E-state index contributed by atoms with van der Waals surface area (Å²) in [6, 6.07) is 5.77. The van der Waals surface area contributed by atoms with Gasteiger partial charge in [0.05, 0.1) is 13.5 Å². The van der Waals surface area contributed by atoms with Crippen LogP contribution in [0.1, 0.15) is 37.4 Å². The predicted octanol–water partition coefficient (Wildman–Crippen LogP) is 2.52. The van der Waals surface area contributed by atoms with Crippen molar-refractivity contribution in [2.45, 2.75) is 39.3 Å². The highest BCUT2D eigenvalue weighted by Gasteiger charge is 2.20. The molecule has 0 fully saturated rings. The number of carboxylic acid groups (broad SMARTS) is 1. The summed E-state index contributed by atoms with van der Waals surface area (Å²) in [5.74, 6) is -0.100. The molecule has 0 amide bonds. The number of nitrogens with one attached hydrogen (secondary N) is 1. The number of methoxy groups -OCH3 is 1. The van der Waals surface area contributed by atoms with Crippen molar-refractivity contribution in [3.8, 4) is 5.75 Å². The van der Waals surface area contributed by atoms with Gasteiger partial charge in [-0.25, -0.2) is 0 Å². The molecule has 0 aliphatic carbocycles. The molecule has 0 spiro atoms. The van der Waals surface area contributed by atoms with Crippen LogP contribution in [-0.4, -0.2) is 24.2 Å². The van der Waals surface area contributed by atoms with Gasteiger partial charge in [-0.1, -0.05) is 31.5 Å². The molecule has 4 heteroatoms. The van der Waals surface area contributed by atoms with Crippen LogP contribution in [-0.2, 0) is 4.79 Å². The molecule has 0 bridgehead atoms. The molecule has 18 heavy (non-hydrogen) atoms. The molecule has 1 aromatic rings. The van der Waals surface area contributed by atoms with Crippen molar-refractivity contribution in [2.75, 3.05) is 7.11 Å². The van der Waals surface area contributed by atoms with Gasteiger partial charge in [-0.3, -0.25) is 4.79 Å². The molecule has 1 atom stereocenters. The minimum atomic E-state index is -0.822. The van der Waals surface area contributed by atoms with Gasteiger partial charge < -0.3 is 15.2 Å². The third kappa shape index (κ3) is 4.04. The number of rotatable bonds is 6. The predicted molar refractivity (Wildman–Crippen MR) is 71.0 cm³/mol. The lowest BCUT2D eigenvalue weighted by Crippen LogP contribution is -2.30. The van der Waals surface area contributed by atoms with E-state index in [9.17, 15) is 4.79 Å². The molecular formula is C14H21NO3. The van der Waals surface area contributed by atoms with Crippen molar-refractivity contribution in [2.24, 2.45) is 0 Å². The monoisotopic (exact) mass is 251 g/mol. The molecular weight excluding hydrogens is 230 g/mol. The second-order valence-electron chi connectivity index (χ2n) is 4.72. The second-order valence-corrected chi connectivity index (χ2v) is 4.72. The molecule has 100 valence electrons. The van der Waals surface area contributed by atoms with Crippen LogP contribution in [0.4, 0.5) is 0 Å². The minimum absolute atomic E-state index is 0.0397. The van der Waals surface area contributed by atoms with Gasteiger partial charge in [0, 0.05) is 17.6 Å². The van der Waals surface area contributed by atoms with E-state index in [1.54, 1.807) is 7.11 Å². The Morgan fingerprint density at radius 1 is 1.44 bits per heavy atom. The van der Waals surface area contributed by atoms with E-state index < -0.39 is 5.97 Å². The third-order valence-electron chi connectivity index (χ3n) is 2.67. The molecule has 0 aliphatic heterocycles. The van der Waals surface area contributed by atoms with Gasteiger partial charge >= 0.3 is 5.97 Å². The maximum absolute atomic E-state index is 11.0. The lowest BCUT2D eigenvalue weighted by atomic mass is 9.99. The first kappa shape index (κ1) is 14.5. The van der Waals surface area contributed by atoms with Crippen LogP contribution in [0.3, 0.4) is 0 Å². The van der Waals surface area contributed by atoms with Crippen LogP contribution in [0.5, 0.6) is 5.75 Å². The number of aryl methyl sites for hydroxylation is 1. The average molecular weight is 251 g/mol. The fraction of sp³-hybridized carbons (Fsp3) is 0.500. The number of benzene rings is 1. The molecule has 0 saturated carbocycles. The van der Waals surface area contributed by atoms with Crippen molar-refractivity contribution in [3.63, 3.8) is 0 Å². The Morgan fingerprint density at radius 3 is 2.61 bits per heavy atom. The lowest BCUT2D eigenvalue weighted by Gasteiger charge is -2.22. The molecule has 0 radical (unpaired) electrons. The molecule has 1 unspecified atom stereocenters. The quantitative estimate of drug-likeness (QED) is 0.815. The van der Waals surface area contributed by atoms with Gasteiger partial charge in [0.1, 0.15) is 5.75 Å². The highest BCUT2D eigenvalue weighted by Crippen LogP contribution is 2.28. The average Bonchev–Trinajstić information content (AvgIpc) is 2.26. The topological polar surface area (TPSA) is 58.6 Å². The van der Waals surface area contributed by atoms with Crippen molar-refractivity contribution in [1.82, 2.24) is 5.32 Å². The van der Waals surface area contributed by atoms with Gasteiger partial charge in [-0.2, -0.15) is 0 Å². The van der Waals surface area contributed by atoms with Gasteiger partial charge in [0.15, 0.2) is 0 Å². The van der Waals surface area contributed by atoms with Gasteiger partial charge in [0.2, 0.25) is 0 Å². The van der Waals surface area contributed by atoms with Crippen molar-refractivity contribution in [1.29, 1.82) is 0 Å². The molecule has 2 N–H and O–H groups in total. The molecule has 1 aromatic carbocycles. The highest BCUT2D eigenvalue weighted by atomic mass is 16.5. The van der Waals surface area contributed by atoms with Gasteiger partial charge in [0.25, 0.3) is 0 Å². The summed E-state index contributed by atoms with van der Waals surface area (Å²) in [7, 11) is 1.60. The summed E-state index contributed by atoms with van der Waals surface area (Å²) in [5, 5.41) is 12.3. The van der Waals surface area contributed by atoms with Crippen LogP contribution in [0.2, 0.25) is 0 Å². The van der Waals surface area contributed by atoms with Crippen LogP contribution in [0.15, 0.2) is 18.2 Å². The number of aliphatic carboxylic acids is 1. The zero-order valence-corrected chi connectivity index (χ0v) is 11.4. The van der Waals surface area contributed by atoms with Gasteiger partial charge in [-0.05, 0) is 13.0 Å². The number of carbonyl (C=O) groups is 1. The standard InChI is InChI=1S/C14H21NO3/c1-9(2)15-12(8-14(16)17)11-7-10(3)5-6-13(11)18-4/h5-7,9,12,15H,8H2,1-4H3,(H,16,17). The first-order valence-electron chi connectivity index (χ1n) is 6.06. The zero-order valence-electron chi connectivity index (χ0n) is 11.4. The van der Waals surface area contributed by atoms with Gasteiger partial charge in [-0.15, -0.1) is 0 Å². The van der Waals surface area contributed by atoms with E-state index in [-0.39, 0.29) is 18.5 Å². The number of ether oxygens (including phenoxy) is 1. The largest absolute Gasteiger partial charge is 0.496 e. The van der Waals surface area contributed by atoms with E-state index in [1.807, 2.05) is 39.0 Å². The van der Waals surface area contributed by atoms with Crippen LogP contribution in [0, 0.1) is 6.92 Å². The van der Waals surface area contributed by atoms with Crippen LogP contribution in [0.25, 0.3) is 0 Å². The van der Waals surface area contributed by atoms with E-state index in [2.05, 4.69) is 5.32 Å².